The summed E-state index contributed by atoms with van der Waals surface area (Å²) in [4.78, 5) is 25.6. The molecule has 0 unspecified atom stereocenters. The minimum atomic E-state index is -0.687. The molecular weight excluding hydrogens is 306 g/mol. The van der Waals surface area contributed by atoms with Crippen LogP contribution in [0.4, 0.5) is 11.5 Å². The Morgan fingerprint density at radius 2 is 2.22 bits per heavy atom. The van der Waals surface area contributed by atoms with E-state index in [1.807, 2.05) is 0 Å². The molecule has 0 aliphatic rings. The third kappa shape index (κ3) is 2.51. The van der Waals surface area contributed by atoms with Crippen molar-refractivity contribution in [3.05, 3.63) is 44.8 Å². The molecule has 0 bridgehead atoms. The summed E-state index contributed by atoms with van der Waals surface area (Å²) in [5, 5.41) is 18.8. The lowest BCUT2D eigenvalue weighted by atomic mass is 10.3. The van der Waals surface area contributed by atoms with Gasteiger partial charge in [-0.3, -0.25) is 20.0 Å². The van der Waals surface area contributed by atoms with Crippen molar-refractivity contribution in [2.24, 2.45) is 0 Å². The Hall–Kier alpha value is -2.29. The van der Waals surface area contributed by atoms with Gasteiger partial charge in [-0.25, -0.2) is 4.98 Å². The quantitative estimate of drug-likeness (QED) is 0.661. The standard InChI is InChI=1S/C9H6BrN5O3/c10-5-1-2-7(11-3-5)13-9(16)8-6(15(17)18)4-12-14-8/h1-4H,(H,12,14)(H,11,13,16). The van der Waals surface area contributed by atoms with Gasteiger partial charge in [-0.1, -0.05) is 0 Å². The highest BCUT2D eigenvalue weighted by Gasteiger charge is 2.22. The van der Waals surface area contributed by atoms with Crippen LogP contribution >= 0.6 is 15.9 Å². The molecule has 0 atom stereocenters. The van der Waals surface area contributed by atoms with Crippen molar-refractivity contribution in [3.63, 3.8) is 0 Å². The highest BCUT2D eigenvalue weighted by Crippen LogP contribution is 2.16. The number of nitro groups is 1. The van der Waals surface area contributed by atoms with E-state index in [1.54, 1.807) is 12.1 Å². The van der Waals surface area contributed by atoms with Crippen LogP contribution in [0, 0.1) is 10.1 Å². The number of carbonyl (C=O) groups is 1. The molecule has 0 aromatic carbocycles. The van der Waals surface area contributed by atoms with Crippen molar-refractivity contribution in [3.8, 4) is 0 Å². The van der Waals surface area contributed by atoms with Crippen molar-refractivity contribution >= 4 is 33.3 Å². The molecule has 2 heterocycles. The second-order valence-electron chi connectivity index (χ2n) is 3.20. The first-order chi connectivity index (χ1) is 8.58. The van der Waals surface area contributed by atoms with Gasteiger partial charge >= 0.3 is 5.69 Å². The van der Waals surface area contributed by atoms with Gasteiger partial charge in [-0.05, 0) is 28.1 Å². The fourth-order valence-corrected chi connectivity index (χ4v) is 1.45. The van der Waals surface area contributed by atoms with Crippen LogP contribution in [-0.4, -0.2) is 26.0 Å². The Morgan fingerprint density at radius 1 is 1.44 bits per heavy atom. The largest absolute Gasteiger partial charge is 0.319 e. The smallest absolute Gasteiger partial charge is 0.305 e. The molecule has 2 rings (SSSR count). The summed E-state index contributed by atoms with van der Waals surface area (Å²) in [5.41, 5.74) is -0.602. The summed E-state index contributed by atoms with van der Waals surface area (Å²) in [6.45, 7) is 0. The molecule has 0 aliphatic carbocycles. The zero-order valence-corrected chi connectivity index (χ0v) is 10.3. The lowest BCUT2D eigenvalue weighted by Gasteiger charge is -2.01. The SMILES string of the molecule is O=C(Nc1ccc(Br)cn1)c1[nH]ncc1[N+](=O)[O-]. The number of nitrogens with one attached hydrogen (secondary N) is 2. The molecule has 0 saturated heterocycles. The van der Waals surface area contributed by atoms with Crippen LogP contribution in [-0.2, 0) is 0 Å². The molecular formula is C9H6BrN5O3. The number of hydrogen-bond donors (Lipinski definition) is 2. The van der Waals surface area contributed by atoms with Gasteiger partial charge in [-0.15, -0.1) is 0 Å². The van der Waals surface area contributed by atoms with Crippen LogP contribution < -0.4 is 5.32 Å². The summed E-state index contributed by atoms with van der Waals surface area (Å²) in [7, 11) is 0. The first-order valence-corrected chi connectivity index (χ1v) is 5.48. The van der Waals surface area contributed by atoms with Crippen molar-refractivity contribution in [2.75, 3.05) is 5.32 Å². The zero-order chi connectivity index (χ0) is 13.1. The maximum absolute atomic E-state index is 11.7. The van der Waals surface area contributed by atoms with Gasteiger partial charge in [0.05, 0.1) is 4.92 Å². The van der Waals surface area contributed by atoms with E-state index in [-0.39, 0.29) is 17.2 Å². The summed E-state index contributed by atoms with van der Waals surface area (Å²) < 4.78 is 0.757. The Morgan fingerprint density at radius 3 is 2.83 bits per heavy atom. The number of carbonyl (C=O) groups excluding carboxylic acids is 1. The summed E-state index contributed by atoms with van der Waals surface area (Å²) in [6, 6.07) is 3.24. The van der Waals surface area contributed by atoms with E-state index in [4.69, 9.17) is 0 Å². The molecule has 0 saturated carbocycles. The molecule has 92 valence electrons. The first kappa shape index (κ1) is 12.2. The average Bonchev–Trinajstić information content (AvgIpc) is 2.81. The molecule has 0 spiro atoms. The van der Waals surface area contributed by atoms with Gasteiger partial charge in [0.2, 0.25) is 5.69 Å². The van der Waals surface area contributed by atoms with Crippen molar-refractivity contribution in [1.82, 2.24) is 15.2 Å². The highest BCUT2D eigenvalue weighted by molar-refractivity contribution is 9.10. The second kappa shape index (κ2) is 4.92. The molecule has 2 aromatic rings. The average molecular weight is 312 g/mol. The van der Waals surface area contributed by atoms with E-state index in [0.29, 0.717) is 0 Å². The third-order valence-corrected chi connectivity index (χ3v) is 2.48. The number of amides is 1. The van der Waals surface area contributed by atoms with Crippen LogP contribution in [0.25, 0.3) is 0 Å². The minimum Gasteiger partial charge on any atom is -0.305 e. The van der Waals surface area contributed by atoms with Crippen LogP contribution in [0.3, 0.4) is 0 Å². The van der Waals surface area contributed by atoms with Gasteiger partial charge in [-0.2, -0.15) is 5.10 Å². The topological polar surface area (TPSA) is 114 Å². The van der Waals surface area contributed by atoms with Gasteiger partial charge in [0.1, 0.15) is 12.0 Å². The van der Waals surface area contributed by atoms with Crippen LogP contribution in [0.2, 0.25) is 0 Å². The molecule has 2 aromatic heterocycles. The monoisotopic (exact) mass is 311 g/mol. The van der Waals surface area contributed by atoms with E-state index in [0.717, 1.165) is 10.7 Å². The number of H-pyrrole nitrogens is 1. The molecule has 0 fully saturated rings. The predicted octanol–water partition coefficient (Wildman–Crippen LogP) is 1.73. The molecule has 8 nitrogen and oxygen atoms in total. The summed E-state index contributed by atoms with van der Waals surface area (Å²) in [6.07, 6.45) is 2.47. The number of rotatable bonds is 3. The summed E-state index contributed by atoms with van der Waals surface area (Å²) in [5.74, 6) is -0.388. The normalized spacial score (nSPS) is 10.1. The van der Waals surface area contributed by atoms with Crippen molar-refractivity contribution in [2.45, 2.75) is 0 Å². The van der Waals surface area contributed by atoms with E-state index in [2.05, 4.69) is 36.4 Å². The zero-order valence-electron chi connectivity index (χ0n) is 8.75. The Balaban J connectivity index is 2.19. The molecule has 1 amide bonds. The Kier molecular flexibility index (Phi) is 3.33. The van der Waals surface area contributed by atoms with Crippen LogP contribution in [0.5, 0.6) is 0 Å². The number of aromatic amines is 1. The lowest BCUT2D eigenvalue weighted by Crippen LogP contribution is -2.14. The van der Waals surface area contributed by atoms with Crippen molar-refractivity contribution in [1.29, 1.82) is 0 Å². The number of anilines is 1. The van der Waals surface area contributed by atoms with E-state index < -0.39 is 10.8 Å². The fourth-order valence-electron chi connectivity index (χ4n) is 1.21. The number of hydrogen-bond acceptors (Lipinski definition) is 5. The van der Waals surface area contributed by atoms with Crippen LogP contribution in [0.1, 0.15) is 10.5 Å². The third-order valence-electron chi connectivity index (χ3n) is 2.01. The second-order valence-corrected chi connectivity index (χ2v) is 4.12. The Bertz CT molecular complexity index is 595. The number of halogens is 1. The Labute approximate surface area is 109 Å². The summed E-state index contributed by atoms with van der Waals surface area (Å²) >= 11 is 3.20. The number of pyridine rings is 1. The molecule has 18 heavy (non-hydrogen) atoms. The maximum atomic E-state index is 11.7. The molecule has 2 N–H and O–H groups in total. The molecule has 0 aliphatic heterocycles. The van der Waals surface area contributed by atoms with E-state index in [1.165, 1.54) is 6.20 Å². The maximum Gasteiger partial charge on any atom is 0.319 e. The van der Waals surface area contributed by atoms with E-state index in [9.17, 15) is 14.9 Å². The van der Waals surface area contributed by atoms with E-state index >= 15 is 0 Å². The van der Waals surface area contributed by atoms with Gasteiger partial charge < -0.3 is 5.32 Å². The van der Waals surface area contributed by atoms with Gasteiger partial charge in [0.25, 0.3) is 5.91 Å². The van der Waals surface area contributed by atoms with Crippen molar-refractivity contribution < 1.29 is 9.72 Å². The minimum absolute atomic E-state index is 0.218. The molecule has 0 radical (unpaired) electrons. The number of nitrogens with zero attached hydrogens (tertiary/aromatic N) is 3. The highest BCUT2D eigenvalue weighted by atomic mass is 79.9. The van der Waals surface area contributed by atoms with Crippen LogP contribution in [0.15, 0.2) is 29.0 Å². The lowest BCUT2D eigenvalue weighted by molar-refractivity contribution is -0.385. The molecule has 9 heteroatoms. The first-order valence-electron chi connectivity index (χ1n) is 4.68. The van der Waals surface area contributed by atoms with Gasteiger partial charge in [0, 0.05) is 10.7 Å². The van der Waals surface area contributed by atoms with Gasteiger partial charge in [0.15, 0.2) is 0 Å². The fraction of sp³-hybridized carbons (Fsp3) is 0. The predicted molar refractivity (Wildman–Crippen MR) is 65.1 cm³/mol. The number of aromatic nitrogens is 3.